The van der Waals surface area contributed by atoms with Crippen LogP contribution in [-0.2, 0) is 11.2 Å². The summed E-state index contributed by atoms with van der Waals surface area (Å²) in [5.74, 6) is 0.994. The summed E-state index contributed by atoms with van der Waals surface area (Å²) in [4.78, 5) is 25.9. The minimum absolute atomic E-state index is 0.150. The standard InChI is InChI=1S/C25H27N5O4S/c31-22(28-25-30-29-23(35-25)17-11-12-20-21(14-17)34-15-33-20)19(13-16-7-3-1-4-8-16)27-24(32)26-18-9-5-2-6-10-18/h1,3-4,7-8,11-12,14,18-19H,2,5-6,9-10,13,15H2,(H2,26,27,32)(H,28,30,31)/t19-/m1/s1. The highest BCUT2D eigenvalue weighted by molar-refractivity contribution is 7.18. The smallest absolute Gasteiger partial charge is 0.315 e. The van der Waals surface area contributed by atoms with E-state index in [4.69, 9.17) is 9.47 Å². The summed E-state index contributed by atoms with van der Waals surface area (Å²) in [5, 5.41) is 18.0. The van der Waals surface area contributed by atoms with Crippen molar-refractivity contribution in [2.45, 2.75) is 50.6 Å². The fourth-order valence-electron chi connectivity index (χ4n) is 4.30. The Balaban J connectivity index is 1.26. The van der Waals surface area contributed by atoms with E-state index in [-0.39, 0.29) is 24.8 Å². The molecule has 1 aromatic heterocycles. The Bertz CT molecular complexity index is 1180. The first kappa shape index (κ1) is 23.1. The Morgan fingerprint density at radius 1 is 1.00 bits per heavy atom. The molecule has 2 heterocycles. The van der Waals surface area contributed by atoms with Crippen LogP contribution in [0.2, 0.25) is 0 Å². The zero-order valence-corrected chi connectivity index (χ0v) is 20.0. The van der Waals surface area contributed by atoms with Gasteiger partial charge in [0.25, 0.3) is 0 Å². The highest BCUT2D eigenvalue weighted by atomic mass is 32.1. The molecule has 0 spiro atoms. The van der Waals surface area contributed by atoms with Gasteiger partial charge in [0.15, 0.2) is 11.5 Å². The van der Waals surface area contributed by atoms with Crippen LogP contribution in [0.15, 0.2) is 48.5 Å². The maximum absolute atomic E-state index is 13.2. The van der Waals surface area contributed by atoms with Crippen molar-refractivity contribution in [3.8, 4) is 22.1 Å². The Morgan fingerprint density at radius 2 is 1.80 bits per heavy atom. The molecule has 1 aliphatic carbocycles. The number of nitrogens with one attached hydrogen (secondary N) is 3. The van der Waals surface area contributed by atoms with E-state index < -0.39 is 6.04 Å². The summed E-state index contributed by atoms with van der Waals surface area (Å²) in [6.45, 7) is 0.195. The van der Waals surface area contributed by atoms with E-state index in [1.165, 1.54) is 17.8 Å². The van der Waals surface area contributed by atoms with Crippen molar-refractivity contribution in [3.63, 3.8) is 0 Å². The zero-order chi connectivity index (χ0) is 24.0. The Kier molecular flexibility index (Phi) is 7.08. The number of hydrogen-bond donors (Lipinski definition) is 3. The molecule has 1 saturated carbocycles. The summed E-state index contributed by atoms with van der Waals surface area (Å²) in [7, 11) is 0. The van der Waals surface area contributed by atoms with Gasteiger partial charge in [-0.05, 0) is 36.6 Å². The van der Waals surface area contributed by atoms with Gasteiger partial charge >= 0.3 is 6.03 Å². The maximum atomic E-state index is 13.2. The number of rotatable bonds is 7. The number of amides is 3. The molecule has 0 radical (unpaired) electrons. The Labute approximate surface area is 207 Å². The van der Waals surface area contributed by atoms with Gasteiger partial charge in [-0.25, -0.2) is 4.79 Å². The lowest BCUT2D eigenvalue weighted by atomic mass is 9.96. The summed E-state index contributed by atoms with van der Waals surface area (Å²) in [5.41, 5.74) is 1.77. The molecule has 1 aliphatic heterocycles. The molecule has 5 rings (SSSR count). The highest BCUT2D eigenvalue weighted by Gasteiger charge is 2.25. The molecule has 10 heteroatoms. The molecule has 35 heavy (non-hydrogen) atoms. The fraction of sp³-hybridized carbons (Fsp3) is 0.360. The molecule has 1 atom stereocenters. The zero-order valence-electron chi connectivity index (χ0n) is 19.2. The molecule has 3 aromatic rings. The lowest BCUT2D eigenvalue weighted by Crippen LogP contribution is -2.51. The molecule has 2 aliphatic rings. The van der Waals surface area contributed by atoms with Gasteiger partial charge in [-0.1, -0.05) is 60.9 Å². The van der Waals surface area contributed by atoms with Gasteiger partial charge in [-0.2, -0.15) is 0 Å². The number of anilines is 1. The average Bonchev–Trinajstić information content (AvgIpc) is 3.54. The molecule has 0 unspecified atom stereocenters. The van der Waals surface area contributed by atoms with Gasteiger partial charge in [0.05, 0.1) is 0 Å². The third-order valence-corrected chi connectivity index (χ3v) is 7.01. The first-order chi connectivity index (χ1) is 17.1. The minimum atomic E-state index is -0.765. The van der Waals surface area contributed by atoms with Crippen LogP contribution < -0.4 is 25.4 Å². The molecule has 0 saturated heterocycles. The van der Waals surface area contributed by atoms with E-state index >= 15 is 0 Å². The molecule has 182 valence electrons. The summed E-state index contributed by atoms with van der Waals surface area (Å²) < 4.78 is 10.8. The largest absolute Gasteiger partial charge is 0.454 e. The van der Waals surface area contributed by atoms with Crippen molar-refractivity contribution in [2.75, 3.05) is 12.1 Å². The number of fused-ring (bicyclic) bond motifs is 1. The van der Waals surface area contributed by atoms with Gasteiger partial charge < -0.3 is 20.1 Å². The van der Waals surface area contributed by atoms with E-state index in [1.807, 2.05) is 48.5 Å². The van der Waals surface area contributed by atoms with Gasteiger partial charge in [-0.15, -0.1) is 10.2 Å². The second-order valence-corrected chi connectivity index (χ2v) is 9.64. The number of urea groups is 1. The van der Waals surface area contributed by atoms with E-state index in [2.05, 4.69) is 26.1 Å². The molecular weight excluding hydrogens is 466 g/mol. The van der Waals surface area contributed by atoms with Crippen molar-refractivity contribution >= 4 is 28.4 Å². The van der Waals surface area contributed by atoms with Gasteiger partial charge in [-0.3, -0.25) is 10.1 Å². The molecular formula is C25H27N5O4S. The lowest BCUT2D eigenvalue weighted by Gasteiger charge is -2.25. The highest BCUT2D eigenvalue weighted by Crippen LogP contribution is 2.37. The van der Waals surface area contributed by atoms with Gasteiger partial charge in [0, 0.05) is 18.0 Å². The van der Waals surface area contributed by atoms with Crippen LogP contribution >= 0.6 is 11.3 Å². The number of carbonyl (C=O) groups is 2. The summed E-state index contributed by atoms with van der Waals surface area (Å²) in [6, 6.07) is 14.2. The normalized spacial score (nSPS) is 15.9. The van der Waals surface area contributed by atoms with E-state index in [0.717, 1.165) is 36.8 Å². The second kappa shape index (κ2) is 10.7. The van der Waals surface area contributed by atoms with Gasteiger partial charge in [0.1, 0.15) is 11.0 Å². The number of nitrogens with zero attached hydrogens (tertiary/aromatic N) is 2. The second-order valence-electron chi connectivity index (χ2n) is 8.66. The molecule has 2 aromatic carbocycles. The SMILES string of the molecule is O=C(NC1CCCCC1)N[C@H](Cc1ccccc1)C(=O)Nc1nnc(-c2ccc3c(c2)OCO3)s1. The number of aromatic nitrogens is 2. The average molecular weight is 494 g/mol. The van der Waals surface area contributed by atoms with E-state index in [9.17, 15) is 9.59 Å². The van der Waals surface area contributed by atoms with Crippen LogP contribution in [0.25, 0.3) is 10.6 Å². The third kappa shape index (κ3) is 5.89. The number of ether oxygens (including phenoxy) is 2. The topological polar surface area (TPSA) is 114 Å². The predicted molar refractivity (Wildman–Crippen MR) is 133 cm³/mol. The van der Waals surface area contributed by atoms with Crippen LogP contribution in [-0.4, -0.2) is 41.0 Å². The molecule has 3 N–H and O–H groups in total. The number of benzene rings is 2. The van der Waals surface area contributed by atoms with Crippen LogP contribution in [0.3, 0.4) is 0 Å². The fourth-order valence-corrected chi connectivity index (χ4v) is 5.05. The predicted octanol–water partition coefficient (Wildman–Crippen LogP) is 4.12. The van der Waals surface area contributed by atoms with Crippen LogP contribution in [0.4, 0.5) is 9.93 Å². The van der Waals surface area contributed by atoms with Crippen LogP contribution in [0, 0.1) is 0 Å². The molecule has 0 bridgehead atoms. The van der Waals surface area contributed by atoms with E-state index in [0.29, 0.717) is 28.1 Å². The third-order valence-electron chi connectivity index (χ3n) is 6.12. The molecule has 1 fully saturated rings. The monoisotopic (exact) mass is 493 g/mol. The van der Waals surface area contributed by atoms with E-state index in [1.54, 1.807) is 0 Å². The quantitative estimate of drug-likeness (QED) is 0.456. The summed E-state index contributed by atoms with van der Waals surface area (Å²) in [6.07, 6.45) is 5.73. The first-order valence-corrected chi connectivity index (χ1v) is 12.6. The Morgan fingerprint density at radius 3 is 2.63 bits per heavy atom. The Hall–Kier alpha value is -3.66. The summed E-state index contributed by atoms with van der Waals surface area (Å²) >= 11 is 1.25. The molecule has 9 nitrogen and oxygen atoms in total. The van der Waals surface area contributed by atoms with Crippen LogP contribution in [0.1, 0.15) is 37.7 Å². The molecule has 3 amide bonds. The van der Waals surface area contributed by atoms with Crippen LogP contribution in [0.5, 0.6) is 11.5 Å². The maximum Gasteiger partial charge on any atom is 0.315 e. The van der Waals surface area contributed by atoms with Crippen molar-refractivity contribution in [1.82, 2.24) is 20.8 Å². The van der Waals surface area contributed by atoms with Crippen molar-refractivity contribution in [1.29, 1.82) is 0 Å². The van der Waals surface area contributed by atoms with Gasteiger partial charge in [0.2, 0.25) is 17.8 Å². The first-order valence-electron chi connectivity index (χ1n) is 11.8. The van der Waals surface area contributed by atoms with Crippen molar-refractivity contribution in [2.24, 2.45) is 0 Å². The van der Waals surface area contributed by atoms with Crippen molar-refractivity contribution in [3.05, 3.63) is 54.1 Å². The minimum Gasteiger partial charge on any atom is -0.454 e. The number of carbonyl (C=O) groups excluding carboxylic acids is 2. The van der Waals surface area contributed by atoms with Crippen molar-refractivity contribution < 1.29 is 19.1 Å². The lowest BCUT2D eigenvalue weighted by molar-refractivity contribution is -0.117. The number of hydrogen-bond acceptors (Lipinski definition) is 7.